The molecule has 0 aromatic carbocycles. The van der Waals surface area contributed by atoms with Crippen LogP contribution in [0, 0.1) is 35.0 Å². The molecule has 0 radical (unpaired) electrons. The summed E-state index contributed by atoms with van der Waals surface area (Å²) in [5.41, 5.74) is 4.17. The summed E-state index contributed by atoms with van der Waals surface area (Å²) in [6.07, 6.45) is 7.76. The first kappa shape index (κ1) is 46.5. The van der Waals surface area contributed by atoms with Crippen molar-refractivity contribution < 1.29 is 43.1 Å². The molecule has 5 amide bonds. The molecule has 0 spiro atoms. The van der Waals surface area contributed by atoms with Crippen molar-refractivity contribution >= 4 is 47.1 Å². The Morgan fingerprint density at radius 2 is 1.38 bits per heavy atom. The molecule has 3 aliphatic rings. The van der Waals surface area contributed by atoms with Crippen molar-refractivity contribution in [3.8, 4) is 0 Å². The van der Waals surface area contributed by atoms with Crippen molar-refractivity contribution in [3.63, 3.8) is 0 Å². The van der Waals surface area contributed by atoms with Gasteiger partial charge in [0.2, 0.25) is 23.6 Å². The molecule has 14 heteroatoms. The highest BCUT2D eigenvalue weighted by Crippen LogP contribution is 2.37. The first-order chi connectivity index (χ1) is 26.1. The minimum Gasteiger partial charge on any atom is -0.444 e. The summed E-state index contributed by atoms with van der Waals surface area (Å²) in [5.74, 6) is -5.23. The highest BCUT2D eigenvalue weighted by Gasteiger charge is 2.46. The minimum absolute atomic E-state index is 0.0660. The lowest BCUT2D eigenvalue weighted by molar-refractivity contribution is -0.147. The number of nitrogens with zero attached hydrogens (tertiary/aromatic N) is 1. The zero-order chi connectivity index (χ0) is 42.0. The predicted molar refractivity (Wildman–Crippen MR) is 211 cm³/mol. The second-order valence-electron chi connectivity index (χ2n) is 18.6. The lowest BCUT2D eigenvalue weighted by Crippen LogP contribution is -2.53. The molecule has 6 atom stereocenters. The molecule has 316 valence electrons. The number of carbonyl (C=O) groups excluding carboxylic acids is 8. The maximum Gasteiger partial charge on any atom is 0.408 e. The minimum atomic E-state index is -1.11. The number of rotatable bonds is 17. The Kier molecular flexibility index (Phi) is 17.1. The van der Waals surface area contributed by atoms with Gasteiger partial charge < -0.3 is 31.3 Å². The van der Waals surface area contributed by atoms with Crippen molar-refractivity contribution in [1.29, 1.82) is 0 Å². The number of ether oxygens (including phenoxy) is 1. The molecule has 5 N–H and O–H groups in total. The highest BCUT2D eigenvalue weighted by atomic mass is 16.6. The zero-order valence-corrected chi connectivity index (χ0v) is 35.1. The van der Waals surface area contributed by atoms with E-state index in [0.29, 0.717) is 0 Å². The van der Waals surface area contributed by atoms with Crippen molar-refractivity contribution in [3.05, 3.63) is 0 Å². The molecular formula is C42H69N5O9. The number of nitrogens with two attached hydrogens (primary N) is 1. The van der Waals surface area contributed by atoms with Crippen LogP contribution in [0.5, 0.6) is 0 Å². The summed E-state index contributed by atoms with van der Waals surface area (Å²) in [6.45, 7) is 11.9. The summed E-state index contributed by atoms with van der Waals surface area (Å²) >= 11 is 0. The number of amides is 5. The number of hydrogen-bond acceptors (Lipinski definition) is 9. The van der Waals surface area contributed by atoms with E-state index in [0.717, 1.165) is 64.2 Å². The van der Waals surface area contributed by atoms with Crippen LogP contribution in [-0.2, 0) is 38.3 Å². The van der Waals surface area contributed by atoms with E-state index in [-0.39, 0.29) is 62.2 Å². The molecule has 0 aromatic rings. The molecule has 0 aromatic heterocycles. The molecule has 2 saturated carbocycles. The molecule has 3 fully saturated rings. The molecule has 0 bridgehead atoms. The Bertz CT molecular complexity index is 1440. The van der Waals surface area contributed by atoms with Gasteiger partial charge in [0.25, 0.3) is 0 Å². The molecule has 56 heavy (non-hydrogen) atoms. The fraction of sp³-hybridized carbons (Fsp3) is 0.810. The van der Waals surface area contributed by atoms with Crippen molar-refractivity contribution in [1.82, 2.24) is 20.9 Å². The van der Waals surface area contributed by atoms with E-state index in [2.05, 4.69) is 16.0 Å². The highest BCUT2D eigenvalue weighted by molar-refractivity contribution is 6.02. The smallest absolute Gasteiger partial charge is 0.408 e. The molecule has 1 saturated heterocycles. The normalized spacial score (nSPS) is 21.2. The summed E-state index contributed by atoms with van der Waals surface area (Å²) in [5, 5.41) is 8.17. The number of Topliss-reactive ketones (excluding diaryl/α,β-unsaturated/α-hetero) is 3. The van der Waals surface area contributed by atoms with Crippen LogP contribution >= 0.6 is 0 Å². The van der Waals surface area contributed by atoms with E-state index in [1.807, 2.05) is 0 Å². The molecular weight excluding hydrogens is 718 g/mol. The van der Waals surface area contributed by atoms with Crippen molar-refractivity contribution in [2.24, 2.45) is 40.7 Å². The van der Waals surface area contributed by atoms with Crippen LogP contribution in [-0.4, -0.2) is 89.3 Å². The van der Waals surface area contributed by atoms with Crippen LogP contribution in [0.25, 0.3) is 0 Å². The largest absolute Gasteiger partial charge is 0.444 e. The van der Waals surface area contributed by atoms with Gasteiger partial charge in [-0.1, -0.05) is 66.2 Å². The Morgan fingerprint density at radius 3 is 1.89 bits per heavy atom. The maximum absolute atomic E-state index is 14.5. The number of likely N-dealkylation sites (tertiary alicyclic amines) is 1. The first-order valence-electron chi connectivity index (χ1n) is 20.8. The van der Waals surface area contributed by atoms with Gasteiger partial charge in [-0.2, -0.15) is 0 Å². The number of nitrogens with one attached hydrogen (secondary N) is 3. The van der Waals surface area contributed by atoms with E-state index >= 15 is 0 Å². The van der Waals surface area contributed by atoms with Crippen LogP contribution < -0.4 is 21.7 Å². The fourth-order valence-corrected chi connectivity index (χ4v) is 8.59. The molecule has 2 aliphatic carbocycles. The number of primary amides is 1. The van der Waals surface area contributed by atoms with E-state index < -0.39 is 82.3 Å². The second-order valence-corrected chi connectivity index (χ2v) is 18.6. The monoisotopic (exact) mass is 788 g/mol. The van der Waals surface area contributed by atoms with Crippen LogP contribution in [0.2, 0.25) is 0 Å². The second kappa shape index (κ2) is 20.5. The topological polar surface area (TPSA) is 211 Å². The van der Waals surface area contributed by atoms with Gasteiger partial charge >= 0.3 is 6.09 Å². The number of alkyl carbamates (subject to hydrolysis) is 1. The number of hydrogen-bond donors (Lipinski definition) is 4. The van der Waals surface area contributed by atoms with Gasteiger partial charge in [0.05, 0.1) is 18.6 Å². The molecule has 1 heterocycles. The van der Waals surface area contributed by atoms with Crippen LogP contribution in [0.4, 0.5) is 4.79 Å². The van der Waals surface area contributed by atoms with Gasteiger partial charge in [0.15, 0.2) is 17.3 Å². The summed E-state index contributed by atoms with van der Waals surface area (Å²) in [6, 6.07) is -3.01. The van der Waals surface area contributed by atoms with Gasteiger partial charge in [-0.25, -0.2) is 4.79 Å². The van der Waals surface area contributed by atoms with E-state index in [4.69, 9.17) is 10.5 Å². The van der Waals surface area contributed by atoms with E-state index in [9.17, 15) is 38.4 Å². The number of carbonyl (C=O) groups is 8. The quantitative estimate of drug-likeness (QED) is 0.163. The Morgan fingerprint density at radius 1 is 0.804 bits per heavy atom. The standard InChI is InChI=1S/C42H69N5O9/c1-25(37(52)44-8)19-20-31(45-40(55)56-42(5,6)7)33(49)23-30(41(2,3)4)39(54)47-24-28(48)21-32(47)34(50)22-29(26-15-11-9-12-16-26)38(53)46-35(36(43)51)27-17-13-10-14-18-27/h25-27,29-32,35H,9-24H2,1-8H3,(H2,43,51)(H,44,52)(H,45,55)(H,46,53)/t25?,29-,30+,31-,32-,35-/m0/s1. The Balaban J connectivity index is 1.85. The SMILES string of the molecule is CNC(=O)C(C)CC[C@H](NC(=O)OC(C)(C)C)C(=O)C[C@H](C(=O)N1CC(=O)C[C@H]1C(=O)C[C@H](C(=O)N[C@H](C(N)=O)C1CCCCC1)C1CCCCC1)C(C)(C)C. The van der Waals surface area contributed by atoms with Crippen molar-refractivity contribution in [2.75, 3.05) is 13.6 Å². The predicted octanol–water partition coefficient (Wildman–Crippen LogP) is 4.54. The van der Waals surface area contributed by atoms with E-state index in [1.54, 1.807) is 48.5 Å². The average molecular weight is 788 g/mol. The number of ketones is 3. The molecule has 1 aliphatic heterocycles. The van der Waals surface area contributed by atoms with Gasteiger partial charge in [-0.15, -0.1) is 0 Å². The van der Waals surface area contributed by atoms with Crippen LogP contribution in [0.3, 0.4) is 0 Å². The summed E-state index contributed by atoms with van der Waals surface area (Å²) in [7, 11) is 1.52. The Hall–Kier alpha value is -3.84. The van der Waals surface area contributed by atoms with Gasteiger partial charge in [-0.3, -0.25) is 33.6 Å². The summed E-state index contributed by atoms with van der Waals surface area (Å²) in [4.78, 5) is 109. The van der Waals surface area contributed by atoms with Gasteiger partial charge in [0.1, 0.15) is 11.6 Å². The lowest BCUT2D eigenvalue weighted by atomic mass is 9.75. The summed E-state index contributed by atoms with van der Waals surface area (Å²) < 4.78 is 5.42. The maximum atomic E-state index is 14.5. The van der Waals surface area contributed by atoms with Gasteiger partial charge in [0, 0.05) is 44.1 Å². The zero-order valence-electron chi connectivity index (χ0n) is 35.1. The average Bonchev–Trinajstić information content (AvgIpc) is 3.53. The van der Waals surface area contributed by atoms with Crippen LogP contribution in [0.15, 0.2) is 0 Å². The molecule has 1 unspecified atom stereocenters. The van der Waals surface area contributed by atoms with Crippen LogP contribution in [0.1, 0.15) is 145 Å². The third kappa shape index (κ3) is 13.7. The molecule has 3 rings (SSSR count). The lowest BCUT2D eigenvalue weighted by Gasteiger charge is -2.36. The first-order valence-corrected chi connectivity index (χ1v) is 20.8. The third-order valence-electron chi connectivity index (χ3n) is 11.9. The van der Waals surface area contributed by atoms with Crippen molar-refractivity contribution in [2.45, 2.75) is 169 Å². The van der Waals surface area contributed by atoms with E-state index in [1.165, 1.54) is 11.9 Å². The Labute approximate surface area is 333 Å². The molecule has 14 nitrogen and oxygen atoms in total. The van der Waals surface area contributed by atoms with Gasteiger partial charge in [-0.05, 0) is 76.5 Å². The third-order valence-corrected chi connectivity index (χ3v) is 11.9. The fourth-order valence-electron chi connectivity index (χ4n) is 8.59.